The zero-order chi connectivity index (χ0) is 15.2. The molecule has 1 amide bonds. The van der Waals surface area contributed by atoms with Gasteiger partial charge in [-0.3, -0.25) is 10.1 Å². The number of thiazole rings is 1. The fourth-order valence-electron chi connectivity index (χ4n) is 1.75. The number of carboxylic acid groups (broad SMARTS) is 1. The third-order valence-corrected chi connectivity index (χ3v) is 3.74. The van der Waals surface area contributed by atoms with Crippen molar-refractivity contribution >= 4 is 28.3 Å². The van der Waals surface area contributed by atoms with Crippen LogP contribution in [0.1, 0.15) is 12.6 Å². The Kier molecular flexibility index (Phi) is 4.84. The molecule has 0 aliphatic heterocycles. The van der Waals surface area contributed by atoms with Crippen LogP contribution in [-0.4, -0.2) is 22.0 Å². The maximum absolute atomic E-state index is 11.6. The van der Waals surface area contributed by atoms with E-state index in [0.717, 1.165) is 34.7 Å². The van der Waals surface area contributed by atoms with Gasteiger partial charge < -0.3 is 5.11 Å². The van der Waals surface area contributed by atoms with Crippen molar-refractivity contribution in [3.8, 4) is 10.4 Å². The first-order valence-electron chi connectivity index (χ1n) is 6.37. The summed E-state index contributed by atoms with van der Waals surface area (Å²) >= 11 is 1.38. The molecule has 1 aromatic heterocycles. The Morgan fingerprint density at radius 2 is 2.00 bits per heavy atom. The number of rotatable bonds is 5. The molecule has 0 saturated heterocycles. The molecule has 0 spiro atoms. The molecule has 1 heterocycles. The second-order valence-electron chi connectivity index (χ2n) is 4.18. The highest BCUT2D eigenvalue weighted by molar-refractivity contribution is 7.19. The molecule has 0 fully saturated rings. The largest absolute Gasteiger partial charge is 0.478 e. The molecule has 0 bridgehead atoms. The van der Waals surface area contributed by atoms with E-state index in [4.69, 9.17) is 5.11 Å². The van der Waals surface area contributed by atoms with E-state index in [-0.39, 0.29) is 0 Å². The van der Waals surface area contributed by atoms with E-state index >= 15 is 0 Å². The number of carboxylic acids is 1. The second-order valence-corrected chi connectivity index (χ2v) is 5.17. The topological polar surface area (TPSA) is 79.3 Å². The molecule has 108 valence electrons. The fourth-order valence-corrected chi connectivity index (χ4v) is 2.82. The highest BCUT2D eigenvalue weighted by atomic mass is 32.1. The summed E-state index contributed by atoms with van der Waals surface area (Å²) in [6.45, 7) is 2.00. The average molecular weight is 302 g/mol. The van der Waals surface area contributed by atoms with Crippen LogP contribution in [0.5, 0.6) is 0 Å². The van der Waals surface area contributed by atoms with Crippen molar-refractivity contribution in [2.24, 2.45) is 0 Å². The normalized spacial score (nSPS) is 10.7. The summed E-state index contributed by atoms with van der Waals surface area (Å²) in [6, 6.07) is 9.81. The van der Waals surface area contributed by atoms with E-state index in [2.05, 4.69) is 10.3 Å². The van der Waals surface area contributed by atoms with Crippen molar-refractivity contribution in [1.29, 1.82) is 0 Å². The van der Waals surface area contributed by atoms with Crippen molar-refractivity contribution in [2.75, 3.05) is 5.32 Å². The van der Waals surface area contributed by atoms with Gasteiger partial charge in [0, 0.05) is 12.2 Å². The van der Waals surface area contributed by atoms with Gasteiger partial charge in [-0.15, -0.1) is 0 Å². The molecule has 0 saturated carbocycles. The maximum atomic E-state index is 11.6. The summed E-state index contributed by atoms with van der Waals surface area (Å²) in [5.41, 5.74) is 1.96. The van der Waals surface area contributed by atoms with Crippen LogP contribution in [0.25, 0.3) is 10.4 Å². The number of aromatic nitrogens is 1. The summed E-state index contributed by atoms with van der Waals surface area (Å²) in [7, 11) is 0. The summed E-state index contributed by atoms with van der Waals surface area (Å²) in [4.78, 5) is 27.3. The number of carbonyl (C=O) groups is 2. The van der Waals surface area contributed by atoms with Crippen molar-refractivity contribution in [3.05, 3.63) is 48.2 Å². The van der Waals surface area contributed by atoms with Gasteiger partial charge >= 0.3 is 5.97 Å². The summed E-state index contributed by atoms with van der Waals surface area (Å²) < 4.78 is 0. The molecule has 2 aromatic rings. The van der Waals surface area contributed by atoms with Crippen LogP contribution in [0.4, 0.5) is 5.13 Å². The number of hydrogen-bond donors (Lipinski definition) is 2. The van der Waals surface area contributed by atoms with Crippen molar-refractivity contribution in [1.82, 2.24) is 4.98 Å². The third kappa shape index (κ3) is 4.00. The Morgan fingerprint density at radius 3 is 2.62 bits per heavy atom. The molecule has 21 heavy (non-hydrogen) atoms. The summed E-state index contributed by atoms with van der Waals surface area (Å²) in [6.07, 6.45) is 2.51. The van der Waals surface area contributed by atoms with Crippen LogP contribution < -0.4 is 5.32 Å². The number of anilines is 1. The maximum Gasteiger partial charge on any atom is 0.328 e. The number of nitrogens with zero attached hydrogens (tertiary/aromatic N) is 1. The molecule has 0 unspecified atom stereocenters. The number of aliphatic carboxylic acids is 1. The molecule has 6 heteroatoms. The Hall–Kier alpha value is -2.47. The van der Waals surface area contributed by atoms with E-state index < -0.39 is 11.9 Å². The lowest BCUT2D eigenvalue weighted by Gasteiger charge is -1.98. The first-order chi connectivity index (χ1) is 10.1. The standard InChI is InChI=1S/C15H14N2O3S/c1-2-11-14(10-6-4-3-5-7-10)21-15(16-11)17-12(18)8-9-13(19)20/h3-9H,2H2,1H3,(H,19,20)(H,16,17,18). The number of hydrogen-bond acceptors (Lipinski definition) is 4. The van der Waals surface area contributed by atoms with E-state index in [1.807, 2.05) is 37.3 Å². The summed E-state index contributed by atoms with van der Waals surface area (Å²) in [5, 5.41) is 11.5. The lowest BCUT2D eigenvalue weighted by Crippen LogP contribution is -2.08. The van der Waals surface area contributed by atoms with Crippen LogP contribution in [0.2, 0.25) is 0 Å². The zero-order valence-electron chi connectivity index (χ0n) is 11.4. The number of benzene rings is 1. The van der Waals surface area contributed by atoms with Crippen LogP contribution in [0, 0.1) is 0 Å². The zero-order valence-corrected chi connectivity index (χ0v) is 12.2. The van der Waals surface area contributed by atoms with Crippen LogP contribution in [0.15, 0.2) is 42.5 Å². The molecule has 0 radical (unpaired) electrons. The quantitative estimate of drug-likeness (QED) is 0.832. The summed E-state index contributed by atoms with van der Waals surface area (Å²) in [5.74, 6) is -1.67. The number of aryl methyl sites for hydroxylation is 1. The van der Waals surface area contributed by atoms with Crippen molar-refractivity contribution in [2.45, 2.75) is 13.3 Å². The van der Waals surface area contributed by atoms with Gasteiger partial charge in [-0.05, 0) is 12.0 Å². The minimum absolute atomic E-state index is 0.464. The van der Waals surface area contributed by atoms with Gasteiger partial charge in [0.05, 0.1) is 10.6 Å². The molecule has 0 atom stereocenters. The van der Waals surface area contributed by atoms with Gasteiger partial charge in [0.1, 0.15) is 0 Å². The number of carbonyl (C=O) groups excluding carboxylic acids is 1. The monoisotopic (exact) mass is 302 g/mol. The van der Waals surface area contributed by atoms with Crippen LogP contribution in [0.3, 0.4) is 0 Å². The van der Waals surface area contributed by atoms with Gasteiger partial charge in [0.2, 0.25) is 5.91 Å². The Bertz CT molecular complexity index is 677. The predicted molar refractivity (Wildman–Crippen MR) is 82.3 cm³/mol. The highest BCUT2D eigenvalue weighted by Crippen LogP contribution is 2.33. The Labute approximate surface area is 126 Å². The molecule has 5 nitrogen and oxygen atoms in total. The Morgan fingerprint density at radius 1 is 1.29 bits per heavy atom. The molecular formula is C15H14N2O3S. The van der Waals surface area contributed by atoms with Crippen LogP contribution >= 0.6 is 11.3 Å². The molecule has 2 rings (SSSR count). The van der Waals surface area contributed by atoms with Crippen LogP contribution in [-0.2, 0) is 16.0 Å². The van der Waals surface area contributed by atoms with E-state index in [9.17, 15) is 9.59 Å². The average Bonchev–Trinajstić information content (AvgIpc) is 2.89. The highest BCUT2D eigenvalue weighted by Gasteiger charge is 2.12. The first kappa shape index (κ1) is 14.9. The van der Waals surface area contributed by atoms with Gasteiger partial charge in [0.25, 0.3) is 0 Å². The molecule has 2 N–H and O–H groups in total. The molecule has 1 aromatic carbocycles. The molecular weight excluding hydrogens is 288 g/mol. The lowest BCUT2D eigenvalue weighted by molar-refractivity contribution is -0.131. The van der Waals surface area contributed by atoms with Gasteiger partial charge in [-0.2, -0.15) is 0 Å². The third-order valence-electron chi connectivity index (χ3n) is 2.68. The van der Waals surface area contributed by atoms with Crippen molar-refractivity contribution in [3.63, 3.8) is 0 Å². The lowest BCUT2D eigenvalue weighted by atomic mass is 10.1. The number of amides is 1. The predicted octanol–water partition coefficient (Wildman–Crippen LogP) is 2.95. The fraction of sp³-hybridized carbons (Fsp3) is 0.133. The molecule has 0 aliphatic carbocycles. The van der Waals surface area contributed by atoms with Gasteiger partial charge in [0.15, 0.2) is 5.13 Å². The smallest absolute Gasteiger partial charge is 0.328 e. The second kappa shape index (κ2) is 6.81. The van der Waals surface area contributed by atoms with E-state index in [1.54, 1.807) is 0 Å². The van der Waals surface area contributed by atoms with Crippen molar-refractivity contribution < 1.29 is 14.7 Å². The minimum Gasteiger partial charge on any atom is -0.478 e. The van der Waals surface area contributed by atoms with Gasteiger partial charge in [-0.1, -0.05) is 48.6 Å². The number of nitrogens with one attached hydrogen (secondary N) is 1. The van der Waals surface area contributed by atoms with Gasteiger partial charge in [-0.25, -0.2) is 9.78 Å². The molecule has 0 aliphatic rings. The first-order valence-corrected chi connectivity index (χ1v) is 7.19. The van der Waals surface area contributed by atoms with E-state index in [1.165, 1.54) is 11.3 Å². The SMILES string of the molecule is CCc1nc(NC(=O)C=CC(=O)O)sc1-c1ccccc1. The van der Waals surface area contributed by atoms with E-state index in [0.29, 0.717) is 5.13 Å². The Balaban J connectivity index is 2.21. The minimum atomic E-state index is -1.16.